The van der Waals surface area contributed by atoms with Gasteiger partial charge in [-0.05, 0) is 29.8 Å². The van der Waals surface area contributed by atoms with Crippen molar-refractivity contribution in [3.05, 3.63) is 69.7 Å². The Labute approximate surface area is 147 Å². The fraction of sp³-hybridized carbons (Fsp3) is 0.0588. The van der Waals surface area contributed by atoms with Gasteiger partial charge in [0.2, 0.25) is 0 Å². The van der Waals surface area contributed by atoms with Gasteiger partial charge in [-0.3, -0.25) is 4.79 Å². The van der Waals surface area contributed by atoms with Crippen molar-refractivity contribution in [3.63, 3.8) is 0 Å². The summed E-state index contributed by atoms with van der Waals surface area (Å²) < 4.78 is 5.67. The molecule has 0 aliphatic rings. The summed E-state index contributed by atoms with van der Waals surface area (Å²) in [5.41, 5.74) is 1.33. The second-order valence-electron chi connectivity index (χ2n) is 4.52. The van der Waals surface area contributed by atoms with Crippen molar-refractivity contribution in [3.8, 4) is 0 Å². The van der Waals surface area contributed by atoms with Crippen LogP contribution in [0.15, 0.2) is 59.1 Å². The Bertz CT molecular complexity index is 732. The number of esters is 1. The number of anilines is 1. The fourth-order valence-electron chi connectivity index (χ4n) is 1.69. The Morgan fingerprint density at radius 3 is 2.61 bits per heavy atom. The van der Waals surface area contributed by atoms with Crippen LogP contribution in [0.25, 0.3) is 6.08 Å². The highest BCUT2D eigenvalue weighted by Gasteiger charge is 2.08. The van der Waals surface area contributed by atoms with Crippen molar-refractivity contribution in [1.82, 2.24) is 0 Å². The third-order valence-electron chi connectivity index (χ3n) is 2.76. The number of carbonyl (C=O) groups excluding carboxylic acids is 2. The van der Waals surface area contributed by atoms with Crippen LogP contribution in [0, 0.1) is 0 Å². The van der Waals surface area contributed by atoms with Gasteiger partial charge in [0.25, 0.3) is 5.91 Å². The fourth-order valence-corrected chi connectivity index (χ4v) is 2.41. The molecular weight excluding hydrogens is 382 g/mol. The Balaban J connectivity index is 1.82. The lowest BCUT2D eigenvalue weighted by atomic mass is 10.2. The molecule has 0 saturated heterocycles. The van der Waals surface area contributed by atoms with E-state index < -0.39 is 11.9 Å². The van der Waals surface area contributed by atoms with Gasteiger partial charge >= 0.3 is 5.97 Å². The van der Waals surface area contributed by atoms with Gasteiger partial charge in [0.05, 0.1) is 10.7 Å². The van der Waals surface area contributed by atoms with Crippen LogP contribution in [-0.4, -0.2) is 18.5 Å². The predicted molar refractivity (Wildman–Crippen MR) is 94.2 cm³/mol. The molecule has 1 N–H and O–H groups in total. The number of halogens is 2. The molecule has 0 heterocycles. The summed E-state index contributed by atoms with van der Waals surface area (Å²) in [6, 6.07) is 14.4. The number of ether oxygens (including phenoxy) is 1. The molecule has 0 aliphatic heterocycles. The van der Waals surface area contributed by atoms with E-state index in [1.165, 1.54) is 6.08 Å². The molecule has 0 fully saturated rings. The quantitative estimate of drug-likeness (QED) is 0.608. The van der Waals surface area contributed by atoms with Gasteiger partial charge in [-0.1, -0.05) is 57.9 Å². The molecule has 6 heteroatoms. The Morgan fingerprint density at radius 2 is 1.91 bits per heavy atom. The van der Waals surface area contributed by atoms with Gasteiger partial charge in [-0.2, -0.15) is 0 Å². The number of hydrogen-bond acceptors (Lipinski definition) is 3. The molecular formula is C17H13BrClNO3. The summed E-state index contributed by atoms with van der Waals surface area (Å²) in [6.45, 7) is -0.385. The first-order chi connectivity index (χ1) is 11.0. The van der Waals surface area contributed by atoms with Crippen LogP contribution >= 0.6 is 27.5 Å². The minimum atomic E-state index is -0.592. The van der Waals surface area contributed by atoms with Crippen LogP contribution in [-0.2, 0) is 14.3 Å². The van der Waals surface area contributed by atoms with Gasteiger partial charge in [-0.15, -0.1) is 0 Å². The molecule has 0 aromatic heterocycles. The van der Waals surface area contributed by atoms with Gasteiger partial charge in [0.15, 0.2) is 6.61 Å². The van der Waals surface area contributed by atoms with Crippen molar-refractivity contribution >= 4 is 51.2 Å². The molecule has 4 nitrogen and oxygen atoms in total. The molecule has 2 rings (SSSR count). The highest BCUT2D eigenvalue weighted by molar-refractivity contribution is 9.10. The standard InChI is InChI=1S/C17H13BrClNO3/c18-13-7-8-15(14(19)10-13)20-16(21)11-23-17(22)9-6-12-4-2-1-3-5-12/h1-10H,11H2,(H,20,21)/b9-6+. The van der Waals surface area contributed by atoms with E-state index in [-0.39, 0.29) is 6.61 Å². The zero-order chi connectivity index (χ0) is 16.7. The normalized spacial score (nSPS) is 10.5. The maximum atomic E-state index is 11.7. The van der Waals surface area contributed by atoms with E-state index in [9.17, 15) is 9.59 Å². The van der Waals surface area contributed by atoms with Crippen LogP contribution < -0.4 is 5.32 Å². The van der Waals surface area contributed by atoms with Crippen molar-refractivity contribution in [2.75, 3.05) is 11.9 Å². The molecule has 0 unspecified atom stereocenters. The molecule has 0 saturated carbocycles. The molecule has 0 spiro atoms. The third-order valence-corrected chi connectivity index (χ3v) is 3.57. The van der Waals surface area contributed by atoms with E-state index in [0.29, 0.717) is 10.7 Å². The Morgan fingerprint density at radius 1 is 1.17 bits per heavy atom. The van der Waals surface area contributed by atoms with Crippen molar-refractivity contribution in [2.45, 2.75) is 0 Å². The summed E-state index contributed by atoms with van der Waals surface area (Å²) in [7, 11) is 0. The van der Waals surface area contributed by atoms with Crippen LogP contribution in [0.2, 0.25) is 5.02 Å². The molecule has 1 amide bonds. The van der Waals surface area contributed by atoms with E-state index in [2.05, 4.69) is 21.2 Å². The third kappa shape index (κ3) is 5.88. The van der Waals surface area contributed by atoms with Gasteiger partial charge < -0.3 is 10.1 Å². The van der Waals surface area contributed by atoms with E-state index in [0.717, 1.165) is 10.0 Å². The number of hydrogen-bond donors (Lipinski definition) is 1. The lowest BCUT2D eigenvalue weighted by Gasteiger charge is -2.07. The summed E-state index contributed by atoms with van der Waals surface area (Å²) in [5.74, 6) is -1.05. The van der Waals surface area contributed by atoms with Crippen molar-refractivity contribution < 1.29 is 14.3 Å². The molecule has 0 atom stereocenters. The molecule has 0 aliphatic carbocycles. The zero-order valence-electron chi connectivity index (χ0n) is 12.0. The van der Waals surface area contributed by atoms with E-state index >= 15 is 0 Å². The van der Waals surface area contributed by atoms with Crippen LogP contribution in [0.1, 0.15) is 5.56 Å². The molecule has 2 aromatic rings. The average Bonchev–Trinajstić information content (AvgIpc) is 2.54. The van der Waals surface area contributed by atoms with E-state index in [1.807, 2.05) is 30.3 Å². The first kappa shape index (κ1) is 17.2. The number of benzene rings is 2. The van der Waals surface area contributed by atoms with Gasteiger partial charge in [0.1, 0.15) is 0 Å². The Kier molecular flexibility index (Phi) is 6.38. The average molecular weight is 395 g/mol. The number of rotatable bonds is 5. The zero-order valence-corrected chi connectivity index (χ0v) is 14.3. The van der Waals surface area contributed by atoms with Crippen molar-refractivity contribution in [1.29, 1.82) is 0 Å². The summed E-state index contributed by atoms with van der Waals surface area (Å²) in [4.78, 5) is 23.3. The second kappa shape index (κ2) is 8.50. The molecule has 0 bridgehead atoms. The number of nitrogens with one attached hydrogen (secondary N) is 1. The highest BCUT2D eigenvalue weighted by Crippen LogP contribution is 2.25. The maximum absolute atomic E-state index is 11.7. The van der Waals surface area contributed by atoms with E-state index in [4.69, 9.17) is 16.3 Å². The highest BCUT2D eigenvalue weighted by atomic mass is 79.9. The van der Waals surface area contributed by atoms with E-state index in [1.54, 1.807) is 24.3 Å². The van der Waals surface area contributed by atoms with Crippen LogP contribution in [0.4, 0.5) is 5.69 Å². The minimum Gasteiger partial charge on any atom is -0.452 e. The number of carbonyl (C=O) groups is 2. The SMILES string of the molecule is O=C(COC(=O)/C=C/c1ccccc1)Nc1ccc(Br)cc1Cl. The van der Waals surface area contributed by atoms with Crippen LogP contribution in [0.5, 0.6) is 0 Å². The van der Waals surface area contributed by atoms with Crippen LogP contribution in [0.3, 0.4) is 0 Å². The molecule has 23 heavy (non-hydrogen) atoms. The maximum Gasteiger partial charge on any atom is 0.331 e. The van der Waals surface area contributed by atoms with Gasteiger partial charge in [-0.25, -0.2) is 4.79 Å². The lowest BCUT2D eigenvalue weighted by Crippen LogP contribution is -2.20. The molecule has 2 aromatic carbocycles. The van der Waals surface area contributed by atoms with Crippen molar-refractivity contribution in [2.24, 2.45) is 0 Å². The minimum absolute atomic E-state index is 0.385. The summed E-state index contributed by atoms with van der Waals surface area (Å²) >= 11 is 9.26. The number of amides is 1. The first-order valence-corrected chi connectivity index (χ1v) is 7.86. The largest absolute Gasteiger partial charge is 0.452 e. The molecule has 0 radical (unpaired) electrons. The first-order valence-electron chi connectivity index (χ1n) is 6.69. The molecule has 118 valence electrons. The lowest BCUT2D eigenvalue weighted by molar-refractivity contribution is -0.142. The smallest absolute Gasteiger partial charge is 0.331 e. The Hall–Kier alpha value is -2.11. The second-order valence-corrected chi connectivity index (χ2v) is 5.85. The predicted octanol–water partition coefficient (Wildman–Crippen LogP) is 4.30. The topological polar surface area (TPSA) is 55.4 Å². The monoisotopic (exact) mass is 393 g/mol. The van der Waals surface area contributed by atoms with Gasteiger partial charge in [0, 0.05) is 10.5 Å². The summed E-state index contributed by atoms with van der Waals surface area (Å²) in [6.07, 6.45) is 2.89. The summed E-state index contributed by atoms with van der Waals surface area (Å²) in [5, 5.41) is 2.97.